The molecule has 1 aromatic rings. The van der Waals surface area contributed by atoms with Crippen LogP contribution < -0.4 is 0 Å². The van der Waals surface area contributed by atoms with Gasteiger partial charge in [0.1, 0.15) is 17.3 Å². The Morgan fingerprint density at radius 1 is 1.19 bits per heavy atom. The van der Waals surface area contributed by atoms with Gasteiger partial charge in [-0.2, -0.15) is 0 Å². The van der Waals surface area contributed by atoms with Crippen LogP contribution in [0.25, 0.3) is 0 Å². The van der Waals surface area contributed by atoms with E-state index in [0.29, 0.717) is 11.1 Å². The van der Waals surface area contributed by atoms with Crippen molar-refractivity contribution < 1.29 is 19.8 Å². The van der Waals surface area contributed by atoms with Crippen LogP contribution in [0.1, 0.15) is 53.2 Å². The molecule has 21 heavy (non-hydrogen) atoms. The number of hydrogen-bond donors (Lipinski definition) is 2. The summed E-state index contributed by atoms with van der Waals surface area (Å²) < 4.78 is 0. The lowest BCUT2D eigenvalue weighted by Gasteiger charge is -2.32. The van der Waals surface area contributed by atoms with Crippen LogP contribution in [0.15, 0.2) is 12.2 Å². The number of benzene rings is 1. The third-order valence-electron chi connectivity index (χ3n) is 4.29. The molecular weight excluding hydrogens is 268 g/mol. The van der Waals surface area contributed by atoms with E-state index < -0.39 is 5.92 Å². The van der Waals surface area contributed by atoms with Gasteiger partial charge in [-0.25, -0.2) is 0 Å². The van der Waals surface area contributed by atoms with Gasteiger partial charge in [-0.1, -0.05) is 12.2 Å². The normalized spacial score (nSPS) is 21.6. The lowest BCUT2D eigenvalue weighted by Crippen LogP contribution is -2.29. The summed E-state index contributed by atoms with van der Waals surface area (Å²) in [6.45, 7) is 6.57. The maximum absolute atomic E-state index is 12.4. The summed E-state index contributed by atoms with van der Waals surface area (Å²) >= 11 is 0. The Bertz CT molecular complexity index is 655. The van der Waals surface area contributed by atoms with Gasteiger partial charge in [0.05, 0.1) is 11.5 Å². The molecule has 0 saturated heterocycles. The van der Waals surface area contributed by atoms with Gasteiger partial charge in [0.15, 0.2) is 5.78 Å². The molecule has 0 heterocycles. The molecule has 1 aliphatic rings. The van der Waals surface area contributed by atoms with Gasteiger partial charge in [0.25, 0.3) is 0 Å². The summed E-state index contributed by atoms with van der Waals surface area (Å²) in [5.41, 5.74) is 1.46. The molecule has 112 valence electrons. The van der Waals surface area contributed by atoms with E-state index in [1.807, 2.05) is 19.1 Å². The van der Waals surface area contributed by atoms with Crippen LogP contribution in [0, 0.1) is 19.8 Å². The van der Waals surface area contributed by atoms with Gasteiger partial charge in [0, 0.05) is 12.0 Å². The lowest BCUT2D eigenvalue weighted by atomic mass is 9.70. The average Bonchev–Trinajstić information content (AvgIpc) is 2.42. The molecule has 4 heteroatoms. The summed E-state index contributed by atoms with van der Waals surface area (Å²) in [6.07, 6.45) is 3.86. The molecular formula is C17H20O4. The third-order valence-corrected chi connectivity index (χ3v) is 4.29. The highest BCUT2D eigenvalue weighted by atomic mass is 16.3. The number of allylic oxidation sites excluding steroid dienone is 2. The Morgan fingerprint density at radius 3 is 2.33 bits per heavy atom. The van der Waals surface area contributed by atoms with Gasteiger partial charge < -0.3 is 10.2 Å². The number of Topliss-reactive ketones (excluding diaryl/α,β-unsaturated/α-hetero) is 2. The highest BCUT2D eigenvalue weighted by Crippen LogP contribution is 2.47. The second-order valence-corrected chi connectivity index (χ2v) is 5.64. The fourth-order valence-corrected chi connectivity index (χ4v) is 3.27. The number of phenols is 2. The van der Waals surface area contributed by atoms with Crippen molar-refractivity contribution in [3.05, 3.63) is 34.4 Å². The van der Waals surface area contributed by atoms with Crippen molar-refractivity contribution in [2.75, 3.05) is 0 Å². The van der Waals surface area contributed by atoms with Crippen LogP contribution in [0.3, 0.4) is 0 Å². The van der Waals surface area contributed by atoms with E-state index in [-0.39, 0.29) is 46.5 Å². The lowest BCUT2D eigenvalue weighted by molar-refractivity contribution is -0.119. The molecule has 2 atom stereocenters. The van der Waals surface area contributed by atoms with Crippen LogP contribution in [0.2, 0.25) is 0 Å². The predicted octanol–water partition coefficient (Wildman–Crippen LogP) is 3.17. The monoisotopic (exact) mass is 288 g/mol. The van der Waals surface area contributed by atoms with E-state index in [2.05, 4.69) is 0 Å². The van der Waals surface area contributed by atoms with Crippen LogP contribution >= 0.6 is 0 Å². The van der Waals surface area contributed by atoms with E-state index in [4.69, 9.17) is 0 Å². The minimum absolute atomic E-state index is 0.0496. The average molecular weight is 288 g/mol. The number of phenolic OH excluding ortho intramolecular Hbond substituents is 2. The molecule has 0 radical (unpaired) electrons. The second kappa shape index (κ2) is 5.35. The van der Waals surface area contributed by atoms with Crippen molar-refractivity contribution in [3.8, 4) is 11.5 Å². The van der Waals surface area contributed by atoms with Gasteiger partial charge >= 0.3 is 0 Å². The third kappa shape index (κ3) is 2.24. The predicted molar refractivity (Wildman–Crippen MR) is 79.9 cm³/mol. The minimum Gasteiger partial charge on any atom is -0.507 e. The Kier molecular flexibility index (Phi) is 3.90. The first kappa shape index (κ1) is 15.3. The number of fused-ring (bicyclic) bond motifs is 1. The molecule has 0 amide bonds. The second-order valence-electron chi connectivity index (χ2n) is 5.64. The molecule has 0 bridgehead atoms. The van der Waals surface area contributed by atoms with Crippen LogP contribution in [-0.4, -0.2) is 21.8 Å². The van der Waals surface area contributed by atoms with Crippen molar-refractivity contribution in [3.63, 3.8) is 0 Å². The van der Waals surface area contributed by atoms with Gasteiger partial charge in [0.2, 0.25) is 0 Å². The first-order valence-corrected chi connectivity index (χ1v) is 7.02. The summed E-state index contributed by atoms with van der Waals surface area (Å²) in [5, 5.41) is 20.4. The van der Waals surface area contributed by atoms with E-state index in [1.54, 1.807) is 13.8 Å². The standard InChI is InChI=1S/C17H20O4/c1-5-6-11-7-12(19)15-13(14(11)10(4)18)8(2)16(20)9(3)17(15)21/h5-6,11,14,20-21H,7H2,1-4H3/b6-5+/t11-,14+/m1/s1. The van der Waals surface area contributed by atoms with E-state index in [1.165, 1.54) is 6.92 Å². The topological polar surface area (TPSA) is 74.6 Å². The minimum atomic E-state index is -0.508. The zero-order valence-corrected chi connectivity index (χ0v) is 12.7. The molecule has 2 rings (SSSR count). The number of aromatic hydroxyl groups is 2. The number of carbonyl (C=O) groups is 2. The molecule has 0 fully saturated rings. The Morgan fingerprint density at radius 2 is 1.81 bits per heavy atom. The highest BCUT2D eigenvalue weighted by Gasteiger charge is 2.39. The van der Waals surface area contributed by atoms with Crippen LogP contribution in [0.5, 0.6) is 11.5 Å². The fraction of sp³-hybridized carbons (Fsp3) is 0.412. The number of ketones is 2. The molecule has 0 aromatic heterocycles. The van der Waals surface area contributed by atoms with E-state index >= 15 is 0 Å². The molecule has 1 aliphatic carbocycles. The zero-order valence-electron chi connectivity index (χ0n) is 12.7. The molecule has 0 spiro atoms. The summed E-state index contributed by atoms with van der Waals surface area (Å²) in [5.74, 6) is -1.25. The highest BCUT2D eigenvalue weighted by molar-refractivity contribution is 6.05. The van der Waals surface area contributed by atoms with Gasteiger partial charge in [-0.3, -0.25) is 9.59 Å². The van der Waals surface area contributed by atoms with E-state index in [0.717, 1.165) is 0 Å². The Hall–Kier alpha value is -2.10. The van der Waals surface area contributed by atoms with Crippen LogP contribution in [0.4, 0.5) is 0 Å². The Balaban J connectivity index is 2.83. The van der Waals surface area contributed by atoms with Crippen molar-refractivity contribution in [1.82, 2.24) is 0 Å². The molecule has 2 N–H and O–H groups in total. The Labute approximate surface area is 124 Å². The van der Waals surface area contributed by atoms with Crippen molar-refractivity contribution in [2.45, 2.75) is 40.0 Å². The SMILES string of the molecule is C/C=C/[C@@H]1CC(=O)c2c(O)c(C)c(O)c(C)c2[C@H]1C(C)=O. The summed E-state index contributed by atoms with van der Waals surface area (Å²) in [6, 6.07) is 0. The molecule has 4 nitrogen and oxygen atoms in total. The maximum atomic E-state index is 12.4. The smallest absolute Gasteiger partial charge is 0.167 e. The van der Waals surface area contributed by atoms with Gasteiger partial charge in [-0.15, -0.1) is 0 Å². The zero-order chi connectivity index (χ0) is 15.9. The number of carbonyl (C=O) groups excluding carboxylic acids is 2. The largest absolute Gasteiger partial charge is 0.507 e. The first-order chi connectivity index (χ1) is 9.81. The van der Waals surface area contributed by atoms with Crippen molar-refractivity contribution in [1.29, 1.82) is 0 Å². The number of hydrogen-bond acceptors (Lipinski definition) is 4. The molecule has 0 saturated carbocycles. The summed E-state index contributed by atoms with van der Waals surface area (Å²) in [7, 11) is 0. The maximum Gasteiger partial charge on any atom is 0.167 e. The molecule has 0 unspecified atom stereocenters. The fourth-order valence-electron chi connectivity index (χ4n) is 3.27. The molecule has 1 aromatic carbocycles. The van der Waals surface area contributed by atoms with E-state index in [9.17, 15) is 19.8 Å². The number of rotatable bonds is 2. The van der Waals surface area contributed by atoms with Crippen molar-refractivity contribution in [2.24, 2.45) is 5.92 Å². The quantitative estimate of drug-likeness (QED) is 0.820. The first-order valence-electron chi connectivity index (χ1n) is 7.02. The molecule has 0 aliphatic heterocycles. The van der Waals surface area contributed by atoms with Gasteiger partial charge in [-0.05, 0) is 44.7 Å². The summed E-state index contributed by atoms with van der Waals surface area (Å²) in [4.78, 5) is 24.5. The van der Waals surface area contributed by atoms with Crippen molar-refractivity contribution >= 4 is 11.6 Å². The van der Waals surface area contributed by atoms with Crippen LogP contribution in [-0.2, 0) is 4.79 Å².